The molecule has 1 aliphatic carbocycles. The van der Waals surface area contributed by atoms with Crippen molar-refractivity contribution < 1.29 is 0 Å². The maximum atomic E-state index is 5.70. The Bertz CT molecular complexity index is 154. The van der Waals surface area contributed by atoms with E-state index >= 15 is 0 Å². The van der Waals surface area contributed by atoms with E-state index < -0.39 is 0 Å². The first kappa shape index (κ1) is 12.7. The second-order valence-corrected chi connectivity index (χ2v) is 7.19. The van der Waals surface area contributed by atoms with Crippen LogP contribution in [0.25, 0.3) is 0 Å². The molecular weight excluding hydrogens is 212 g/mol. The molecule has 84 valence electrons. The highest BCUT2D eigenvalue weighted by Gasteiger charge is 2.29. The van der Waals surface area contributed by atoms with Crippen LogP contribution in [0.5, 0.6) is 0 Å². The molecule has 1 saturated carbocycles. The van der Waals surface area contributed by atoms with Gasteiger partial charge in [-0.1, -0.05) is 20.8 Å². The molecule has 0 aliphatic heterocycles. The minimum atomic E-state index is 0.516. The van der Waals surface area contributed by atoms with Crippen LogP contribution in [0.3, 0.4) is 0 Å². The van der Waals surface area contributed by atoms with Crippen molar-refractivity contribution >= 4 is 23.4 Å². The lowest BCUT2D eigenvalue weighted by atomic mass is 9.72. The Kier molecular flexibility index (Phi) is 5.13. The molecule has 0 aromatic rings. The van der Waals surface area contributed by atoms with E-state index in [1.54, 1.807) is 0 Å². The highest BCUT2D eigenvalue weighted by Crippen LogP contribution is 2.40. The van der Waals surface area contributed by atoms with Crippen molar-refractivity contribution in [3.63, 3.8) is 0 Å². The summed E-state index contributed by atoms with van der Waals surface area (Å²) in [6.07, 6.45) is 5.65. The molecule has 0 radical (unpaired) electrons. The van der Waals surface area contributed by atoms with Gasteiger partial charge in [0.15, 0.2) is 0 Å². The Labute approximate surface area is 98.2 Å². The summed E-state index contributed by atoms with van der Waals surface area (Å²) in [5.41, 5.74) is 0.516. The Morgan fingerprint density at radius 3 is 2.14 bits per heavy atom. The van der Waals surface area contributed by atoms with Crippen molar-refractivity contribution in [1.29, 1.82) is 0 Å². The van der Waals surface area contributed by atoms with Crippen molar-refractivity contribution in [3.05, 3.63) is 0 Å². The topological polar surface area (TPSA) is 0 Å². The van der Waals surface area contributed by atoms with Gasteiger partial charge < -0.3 is 0 Å². The third-order valence-corrected chi connectivity index (χ3v) is 5.13. The van der Waals surface area contributed by atoms with Crippen molar-refractivity contribution in [2.45, 2.75) is 51.7 Å². The van der Waals surface area contributed by atoms with Gasteiger partial charge in [-0.25, -0.2) is 0 Å². The van der Waals surface area contributed by atoms with Crippen molar-refractivity contribution in [2.24, 2.45) is 11.3 Å². The van der Waals surface area contributed by atoms with Gasteiger partial charge in [0, 0.05) is 16.9 Å². The van der Waals surface area contributed by atoms with Crippen molar-refractivity contribution in [1.82, 2.24) is 0 Å². The predicted octanol–water partition coefficient (Wildman–Crippen LogP) is 4.56. The smallest absolute Gasteiger partial charge is 0.0314 e. The number of hydrogen-bond acceptors (Lipinski definition) is 1. The van der Waals surface area contributed by atoms with Crippen LogP contribution in [-0.4, -0.2) is 16.9 Å². The van der Waals surface area contributed by atoms with Gasteiger partial charge in [0.05, 0.1) is 0 Å². The molecule has 0 nitrogen and oxygen atoms in total. The molecule has 0 unspecified atom stereocenters. The van der Waals surface area contributed by atoms with Crippen LogP contribution in [0.2, 0.25) is 0 Å². The second kappa shape index (κ2) is 5.65. The second-order valence-electron chi connectivity index (χ2n) is 5.40. The van der Waals surface area contributed by atoms with E-state index in [0.717, 1.165) is 22.8 Å². The summed E-state index contributed by atoms with van der Waals surface area (Å²) in [7, 11) is 0. The maximum Gasteiger partial charge on any atom is 0.0314 e. The van der Waals surface area contributed by atoms with Gasteiger partial charge in [0.1, 0.15) is 0 Å². The van der Waals surface area contributed by atoms with E-state index in [9.17, 15) is 0 Å². The lowest BCUT2D eigenvalue weighted by Crippen LogP contribution is -2.26. The Hall–Kier alpha value is 0.640. The van der Waals surface area contributed by atoms with Crippen molar-refractivity contribution in [3.8, 4) is 0 Å². The minimum Gasteiger partial charge on any atom is -0.157 e. The number of alkyl halides is 1. The fourth-order valence-corrected chi connectivity index (χ4v) is 3.60. The van der Waals surface area contributed by atoms with E-state index in [2.05, 4.69) is 32.5 Å². The highest BCUT2D eigenvalue weighted by molar-refractivity contribution is 7.99. The summed E-state index contributed by atoms with van der Waals surface area (Å²) in [6, 6.07) is 0. The monoisotopic (exact) mass is 234 g/mol. The molecule has 0 bridgehead atoms. The van der Waals surface area contributed by atoms with Crippen LogP contribution in [-0.2, 0) is 0 Å². The van der Waals surface area contributed by atoms with Crippen LogP contribution in [0.4, 0.5) is 0 Å². The minimum absolute atomic E-state index is 0.516. The molecule has 0 amide bonds. The van der Waals surface area contributed by atoms with Crippen LogP contribution in [0.15, 0.2) is 0 Å². The summed E-state index contributed by atoms with van der Waals surface area (Å²) in [4.78, 5) is 0. The zero-order chi connectivity index (χ0) is 10.6. The number of halogens is 1. The number of rotatable bonds is 3. The van der Waals surface area contributed by atoms with Gasteiger partial charge in [-0.3, -0.25) is 0 Å². The first-order valence-corrected chi connectivity index (χ1v) is 7.30. The summed E-state index contributed by atoms with van der Waals surface area (Å²) in [5.74, 6) is 2.88. The van der Waals surface area contributed by atoms with Crippen LogP contribution < -0.4 is 0 Å². The molecule has 0 aromatic carbocycles. The number of hydrogen-bond donors (Lipinski definition) is 0. The van der Waals surface area contributed by atoms with Crippen LogP contribution in [0.1, 0.15) is 46.5 Å². The van der Waals surface area contributed by atoms with E-state index in [1.807, 2.05) is 0 Å². The zero-order valence-corrected chi connectivity index (χ0v) is 11.3. The van der Waals surface area contributed by atoms with Gasteiger partial charge >= 0.3 is 0 Å². The zero-order valence-electron chi connectivity index (χ0n) is 9.68. The number of thioether (sulfide) groups is 1. The average Bonchev–Trinajstić information content (AvgIpc) is 2.14. The maximum absolute atomic E-state index is 5.70. The summed E-state index contributed by atoms with van der Waals surface area (Å²) in [6.45, 7) is 7.14. The van der Waals surface area contributed by atoms with Gasteiger partial charge in [-0.15, -0.1) is 11.6 Å². The average molecular weight is 235 g/mol. The summed E-state index contributed by atoms with van der Waals surface area (Å²) < 4.78 is 0. The molecule has 14 heavy (non-hydrogen) atoms. The molecule has 0 aromatic heterocycles. The quantitative estimate of drug-likeness (QED) is 0.645. The van der Waals surface area contributed by atoms with Gasteiger partial charge in [-0.2, -0.15) is 11.8 Å². The first-order valence-electron chi connectivity index (χ1n) is 5.71. The molecule has 0 atom stereocenters. The Morgan fingerprint density at radius 2 is 1.71 bits per heavy atom. The lowest BCUT2D eigenvalue weighted by molar-refractivity contribution is 0.182. The van der Waals surface area contributed by atoms with E-state index in [0.29, 0.717) is 5.41 Å². The molecule has 0 saturated heterocycles. The molecule has 0 spiro atoms. The van der Waals surface area contributed by atoms with Gasteiger partial charge in [0.25, 0.3) is 0 Å². The van der Waals surface area contributed by atoms with E-state index in [4.69, 9.17) is 11.6 Å². The molecule has 2 heteroatoms. The molecule has 1 aliphatic rings. The van der Waals surface area contributed by atoms with E-state index in [-0.39, 0.29) is 0 Å². The Morgan fingerprint density at radius 1 is 1.14 bits per heavy atom. The first-order chi connectivity index (χ1) is 6.54. The van der Waals surface area contributed by atoms with E-state index in [1.165, 1.54) is 25.7 Å². The standard InChI is InChI=1S/C12H23ClS/c1-12(2,3)10-4-6-11(7-5-10)14-9-8-13/h10-11H,4-9H2,1-3H3. The van der Waals surface area contributed by atoms with Gasteiger partial charge in [0.2, 0.25) is 0 Å². The van der Waals surface area contributed by atoms with Gasteiger partial charge in [-0.05, 0) is 37.0 Å². The largest absolute Gasteiger partial charge is 0.157 e. The van der Waals surface area contributed by atoms with Crippen molar-refractivity contribution in [2.75, 3.05) is 11.6 Å². The molecular formula is C12H23ClS. The van der Waals surface area contributed by atoms with Crippen LogP contribution >= 0.6 is 23.4 Å². The van der Waals surface area contributed by atoms with Crippen LogP contribution in [0, 0.1) is 11.3 Å². The Balaban J connectivity index is 2.24. The SMILES string of the molecule is CC(C)(C)C1CCC(SCCCl)CC1. The molecule has 0 heterocycles. The molecule has 1 fully saturated rings. The molecule has 0 N–H and O–H groups in total. The summed E-state index contributed by atoms with van der Waals surface area (Å²) >= 11 is 7.78. The normalized spacial score (nSPS) is 29.1. The molecule has 1 rings (SSSR count). The fourth-order valence-electron chi connectivity index (χ4n) is 2.31. The predicted molar refractivity (Wildman–Crippen MR) is 68.4 cm³/mol. The fraction of sp³-hybridized carbons (Fsp3) is 1.00. The summed E-state index contributed by atoms with van der Waals surface area (Å²) in [5, 5.41) is 0.896. The lowest BCUT2D eigenvalue weighted by Gasteiger charge is -2.36. The highest BCUT2D eigenvalue weighted by atomic mass is 35.5. The third kappa shape index (κ3) is 4.02. The third-order valence-electron chi connectivity index (χ3n) is 3.33.